The molecule has 1 aliphatic heterocycles. The molecule has 1 aliphatic rings. The van der Waals surface area contributed by atoms with Crippen molar-refractivity contribution in [2.75, 3.05) is 6.54 Å². The maximum Gasteiger partial charge on any atom is 0.0149 e. The molecule has 1 saturated heterocycles. The second-order valence-electron chi connectivity index (χ2n) is 2.78. The summed E-state index contributed by atoms with van der Waals surface area (Å²) in [6, 6.07) is 0. The lowest BCUT2D eigenvalue weighted by atomic mass is 10.0. The van der Waals surface area contributed by atoms with Gasteiger partial charge in [0.15, 0.2) is 0 Å². The molecule has 1 rings (SSSR count). The zero-order chi connectivity index (χ0) is 7.40. The van der Waals surface area contributed by atoms with Gasteiger partial charge in [-0.3, -0.25) is 0 Å². The zero-order valence-electron chi connectivity index (χ0n) is 6.19. The Labute approximate surface area is 61.8 Å². The van der Waals surface area contributed by atoms with E-state index in [1.54, 1.807) is 6.21 Å². The Hall–Kier alpha value is -0.790. The van der Waals surface area contributed by atoms with Gasteiger partial charge in [0.05, 0.1) is 0 Å². The van der Waals surface area contributed by atoms with Crippen LogP contribution in [0, 0.1) is 11.3 Å². The SMILES string of the molecule is C=C1CCC(C=N)CCN1. The molecule has 0 amide bonds. The van der Waals surface area contributed by atoms with Crippen LogP contribution in [-0.4, -0.2) is 12.8 Å². The van der Waals surface area contributed by atoms with E-state index in [2.05, 4.69) is 11.9 Å². The summed E-state index contributed by atoms with van der Waals surface area (Å²) in [4.78, 5) is 0. The molecule has 1 heterocycles. The molecule has 0 aliphatic carbocycles. The van der Waals surface area contributed by atoms with Crippen molar-refractivity contribution in [1.29, 1.82) is 5.41 Å². The summed E-state index contributed by atoms with van der Waals surface area (Å²) in [7, 11) is 0. The third kappa shape index (κ3) is 1.87. The number of nitrogens with one attached hydrogen (secondary N) is 2. The first-order valence-corrected chi connectivity index (χ1v) is 3.75. The van der Waals surface area contributed by atoms with Gasteiger partial charge in [0.2, 0.25) is 0 Å². The first-order chi connectivity index (χ1) is 4.83. The normalized spacial score (nSPS) is 26.8. The third-order valence-corrected chi connectivity index (χ3v) is 1.94. The molecule has 10 heavy (non-hydrogen) atoms. The summed E-state index contributed by atoms with van der Waals surface area (Å²) in [5.41, 5.74) is 1.13. The van der Waals surface area contributed by atoms with Crippen molar-refractivity contribution < 1.29 is 0 Å². The smallest absolute Gasteiger partial charge is 0.0149 e. The highest BCUT2D eigenvalue weighted by Gasteiger charge is 2.09. The van der Waals surface area contributed by atoms with Crippen molar-refractivity contribution >= 4 is 6.21 Å². The number of allylic oxidation sites excluding steroid dienone is 1. The van der Waals surface area contributed by atoms with Crippen LogP contribution >= 0.6 is 0 Å². The van der Waals surface area contributed by atoms with Gasteiger partial charge in [0.1, 0.15) is 0 Å². The third-order valence-electron chi connectivity index (χ3n) is 1.94. The van der Waals surface area contributed by atoms with Crippen molar-refractivity contribution in [3.8, 4) is 0 Å². The predicted molar refractivity (Wildman–Crippen MR) is 43.3 cm³/mol. The minimum absolute atomic E-state index is 0.478. The lowest BCUT2D eigenvalue weighted by Crippen LogP contribution is -2.11. The van der Waals surface area contributed by atoms with Crippen LogP contribution in [0.3, 0.4) is 0 Å². The minimum atomic E-state index is 0.478. The van der Waals surface area contributed by atoms with Gasteiger partial charge in [0, 0.05) is 12.2 Å². The van der Waals surface area contributed by atoms with E-state index in [0.717, 1.165) is 31.5 Å². The lowest BCUT2D eigenvalue weighted by Gasteiger charge is -2.02. The van der Waals surface area contributed by atoms with E-state index in [9.17, 15) is 0 Å². The Morgan fingerprint density at radius 2 is 2.40 bits per heavy atom. The molecule has 0 aromatic rings. The highest BCUT2D eigenvalue weighted by molar-refractivity contribution is 5.56. The largest absolute Gasteiger partial charge is 0.389 e. The molecule has 1 fully saturated rings. The highest BCUT2D eigenvalue weighted by atomic mass is 14.9. The second-order valence-corrected chi connectivity index (χ2v) is 2.78. The summed E-state index contributed by atoms with van der Waals surface area (Å²) < 4.78 is 0. The van der Waals surface area contributed by atoms with E-state index in [0.29, 0.717) is 5.92 Å². The summed E-state index contributed by atoms with van der Waals surface area (Å²) in [6.07, 6.45) is 4.76. The molecule has 1 atom stereocenters. The van der Waals surface area contributed by atoms with E-state index >= 15 is 0 Å². The van der Waals surface area contributed by atoms with Crippen LogP contribution in [-0.2, 0) is 0 Å². The molecule has 56 valence electrons. The van der Waals surface area contributed by atoms with Crippen LogP contribution in [0.4, 0.5) is 0 Å². The monoisotopic (exact) mass is 138 g/mol. The average molecular weight is 138 g/mol. The Kier molecular flexibility index (Phi) is 2.49. The van der Waals surface area contributed by atoms with Crippen LogP contribution in [0.2, 0.25) is 0 Å². The van der Waals surface area contributed by atoms with E-state index < -0.39 is 0 Å². The molecular formula is C8H14N2. The molecular weight excluding hydrogens is 124 g/mol. The standard InChI is InChI=1S/C8H14N2/c1-7-2-3-8(6-9)4-5-10-7/h6,8-10H,1-5H2. The summed E-state index contributed by atoms with van der Waals surface area (Å²) in [5.74, 6) is 0.478. The fourth-order valence-electron chi connectivity index (χ4n) is 1.19. The maximum absolute atomic E-state index is 7.08. The van der Waals surface area contributed by atoms with Crippen molar-refractivity contribution in [2.45, 2.75) is 19.3 Å². The summed E-state index contributed by atoms with van der Waals surface area (Å²) in [5, 5.41) is 10.3. The molecule has 0 saturated carbocycles. The Morgan fingerprint density at radius 1 is 1.60 bits per heavy atom. The average Bonchev–Trinajstić information content (AvgIpc) is 2.14. The van der Waals surface area contributed by atoms with Crippen molar-refractivity contribution in [2.24, 2.45) is 5.92 Å². The summed E-state index contributed by atoms with van der Waals surface area (Å²) >= 11 is 0. The van der Waals surface area contributed by atoms with Gasteiger partial charge in [-0.2, -0.15) is 0 Å². The molecule has 0 bridgehead atoms. The first kappa shape index (κ1) is 7.32. The van der Waals surface area contributed by atoms with Gasteiger partial charge in [-0.1, -0.05) is 6.58 Å². The molecule has 0 spiro atoms. The van der Waals surface area contributed by atoms with Crippen LogP contribution < -0.4 is 5.32 Å². The lowest BCUT2D eigenvalue weighted by molar-refractivity contribution is 0.619. The molecule has 0 radical (unpaired) electrons. The first-order valence-electron chi connectivity index (χ1n) is 3.75. The van der Waals surface area contributed by atoms with Crippen LogP contribution in [0.5, 0.6) is 0 Å². The molecule has 1 unspecified atom stereocenters. The van der Waals surface area contributed by atoms with Gasteiger partial charge < -0.3 is 10.7 Å². The predicted octanol–water partition coefficient (Wildman–Crippen LogP) is 1.54. The number of rotatable bonds is 1. The minimum Gasteiger partial charge on any atom is -0.389 e. The molecule has 0 aromatic carbocycles. The van der Waals surface area contributed by atoms with Gasteiger partial charge in [-0.05, 0) is 31.4 Å². The summed E-state index contributed by atoms with van der Waals surface area (Å²) in [6.45, 7) is 4.84. The highest BCUT2D eigenvalue weighted by Crippen LogP contribution is 2.14. The molecule has 2 N–H and O–H groups in total. The van der Waals surface area contributed by atoms with E-state index in [1.807, 2.05) is 0 Å². The van der Waals surface area contributed by atoms with E-state index in [4.69, 9.17) is 5.41 Å². The molecule has 2 heteroatoms. The Bertz CT molecular complexity index is 140. The number of hydrogen-bond donors (Lipinski definition) is 2. The van der Waals surface area contributed by atoms with Gasteiger partial charge >= 0.3 is 0 Å². The van der Waals surface area contributed by atoms with E-state index in [1.165, 1.54) is 0 Å². The fourth-order valence-corrected chi connectivity index (χ4v) is 1.19. The van der Waals surface area contributed by atoms with Crippen LogP contribution in [0.25, 0.3) is 0 Å². The van der Waals surface area contributed by atoms with Crippen LogP contribution in [0.1, 0.15) is 19.3 Å². The zero-order valence-corrected chi connectivity index (χ0v) is 6.19. The topological polar surface area (TPSA) is 35.9 Å². The second kappa shape index (κ2) is 3.40. The van der Waals surface area contributed by atoms with Crippen molar-refractivity contribution in [1.82, 2.24) is 5.32 Å². The quantitative estimate of drug-likeness (QED) is 0.530. The maximum atomic E-state index is 7.08. The van der Waals surface area contributed by atoms with Gasteiger partial charge in [-0.25, -0.2) is 0 Å². The Balaban J connectivity index is 2.40. The van der Waals surface area contributed by atoms with Crippen LogP contribution in [0.15, 0.2) is 12.3 Å². The van der Waals surface area contributed by atoms with Gasteiger partial charge in [-0.15, -0.1) is 0 Å². The van der Waals surface area contributed by atoms with E-state index in [-0.39, 0.29) is 0 Å². The molecule has 2 nitrogen and oxygen atoms in total. The fraction of sp³-hybridized carbons (Fsp3) is 0.625. The molecule has 0 aromatic heterocycles. The Morgan fingerprint density at radius 3 is 3.10 bits per heavy atom. The number of hydrogen-bond acceptors (Lipinski definition) is 2. The van der Waals surface area contributed by atoms with Crippen molar-refractivity contribution in [3.05, 3.63) is 12.3 Å². The van der Waals surface area contributed by atoms with Gasteiger partial charge in [0.25, 0.3) is 0 Å². The van der Waals surface area contributed by atoms with Crippen molar-refractivity contribution in [3.63, 3.8) is 0 Å².